The Hall–Kier alpha value is -1.26. The van der Waals surface area contributed by atoms with Gasteiger partial charge in [0.05, 0.1) is 20.3 Å². The Morgan fingerprint density at radius 3 is 2.55 bits per heavy atom. The van der Waals surface area contributed by atoms with Crippen LogP contribution in [0, 0.1) is 5.41 Å². The van der Waals surface area contributed by atoms with Gasteiger partial charge in [0.1, 0.15) is 0 Å². The van der Waals surface area contributed by atoms with Gasteiger partial charge in [-0.2, -0.15) is 0 Å². The number of benzene rings is 1. The van der Waals surface area contributed by atoms with E-state index in [-0.39, 0.29) is 6.04 Å². The highest BCUT2D eigenvalue weighted by Gasteiger charge is 2.34. The molecule has 1 fully saturated rings. The fraction of sp³-hybridized carbons (Fsp3) is 0.625. The van der Waals surface area contributed by atoms with Crippen molar-refractivity contribution in [1.82, 2.24) is 4.90 Å². The standard InChI is InChI=1S/C16H26N2O2/c1-16(2)8-9-18(11-16)13(10-17)12-6-5-7-14(19-3)15(12)20-4/h5-7,13H,8-11,17H2,1-4H3. The molecule has 1 unspecified atom stereocenters. The van der Waals surface area contributed by atoms with Gasteiger partial charge in [0, 0.05) is 18.7 Å². The molecule has 0 aliphatic carbocycles. The van der Waals surface area contributed by atoms with Crippen molar-refractivity contribution in [3.63, 3.8) is 0 Å². The van der Waals surface area contributed by atoms with Crippen LogP contribution in [0.2, 0.25) is 0 Å². The second-order valence-electron chi connectivity index (χ2n) is 6.22. The molecule has 1 aromatic rings. The lowest BCUT2D eigenvalue weighted by atomic mass is 9.93. The second kappa shape index (κ2) is 6.02. The molecule has 20 heavy (non-hydrogen) atoms. The van der Waals surface area contributed by atoms with Gasteiger partial charge in [0.2, 0.25) is 0 Å². The zero-order valence-electron chi connectivity index (χ0n) is 13.0. The van der Waals surface area contributed by atoms with Crippen LogP contribution >= 0.6 is 0 Å². The number of ether oxygens (including phenoxy) is 2. The van der Waals surface area contributed by atoms with Crippen LogP contribution < -0.4 is 15.2 Å². The number of methoxy groups -OCH3 is 2. The largest absolute Gasteiger partial charge is 0.493 e. The maximum Gasteiger partial charge on any atom is 0.165 e. The predicted molar refractivity (Wildman–Crippen MR) is 81.3 cm³/mol. The van der Waals surface area contributed by atoms with E-state index in [1.54, 1.807) is 14.2 Å². The van der Waals surface area contributed by atoms with Crippen molar-refractivity contribution in [2.45, 2.75) is 26.3 Å². The van der Waals surface area contributed by atoms with Gasteiger partial charge in [-0.15, -0.1) is 0 Å². The minimum Gasteiger partial charge on any atom is -0.493 e. The number of para-hydroxylation sites is 1. The SMILES string of the molecule is COc1cccc(C(CN)N2CCC(C)(C)C2)c1OC. The molecule has 2 rings (SSSR count). The van der Waals surface area contributed by atoms with E-state index in [9.17, 15) is 0 Å². The maximum atomic E-state index is 6.05. The number of nitrogens with zero attached hydrogens (tertiary/aromatic N) is 1. The highest BCUT2D eigenvalue weighted by atomic mass is 16.5. The molecule has 0 bridgehead atoms. The summed E-state index contributed by atoms with van der Waals surface area (Å²) in [6.45, 7) is 7.34. The summed E-state index contributed by atoms with van der Waals surface area (Å²) in [7, 11) is 3.35. The third kappa shape index (κ3) is 2.91. The van der Waals surface area contributed by atoms with Crippen LogP contribution in [-0.2, 0) is 0 Å². The molecule has 0 saturated carbocycles. The smallest absolute Gasteiger partial charge is 0.165 e. The highest BCUT2D eigenvalue weighted by molar-refractivity contribution is 5.48. The van der Waals surface area contributed by atoms with Gasteiger partial charge < -0.3 is 15.2 Å². The normalized spacial score (nSPS) is 19.9. The van der Waals surface area contributed by atoms with E-state index in [2.05, 4.69) is 24.8 Å². The van der Waals surface area contributed by atoms with Gasteiger partial charge in [-0.25, -0.2) is 0 Å². The van der Waals surface area contributed by atoms with E-state index < -0.39 is 0 Å². The van der Waals surface area contributed by atoms with Gasteiger partial charge in [-0.3, -0.25) is 4.90 Å². The van der Waals surface area contributed by atoms with Crippen LogP contribution in [0.1, 0.15) is 31.9 Å². The van der Waals surface area contributed by atoms with E-state index >= 15 is 0 Å². The van der Waals surface area contributed by atoms with Gasteiger partial charge in [-0.1, -0.05) is 26.0 Å². The van der Waals surface area contributed by atoms with Crippen LogP contribution in [0.5, 0.6) is 11.5 Å². The fourth-order valence-electron chi connectivity index (χ4n) is 3.07. The minimum atomic E-state index is 0.182. The topological polar surface area (TPSA) is 47.7 Å². The molecule has 1 aliphatic rings. The molecule has 1 aliphatic heterocycles. The summed E-state index contributed by atoms with van der Waals surface area (Å²) in [5.74, 6) is 1.57. The highest BCUT2D eigenvalue weighted by Crippen LogP contribution is 2.40. The zero-order chi connectivity index (χ0) is 14.8. The lowest BCUT2D eigenvalue weighted by Gasteiger charge is -2.30. The van der Waals surface area contributed by atoms with Crippen molar-refractivity contribution < 1.29 is 9.47 Å². The van der Waals surface area contributed by atoms with Crippen molar-refractivity contribution in [1.29, 1.82) is 0 Å². The maximum absolute atomic E-state index is 6.05. The first kappa shape index (κ1) is 15.1. The van der Waals surface area contributed by atoms with Crippen LogP contribution in [0.25, 0.3) is 0 Å². The summed E-state index contributed by atoms with van der Waals surface area (Å²) < 4.78 is 10.9. The average Bonchev–Trinajstić information content (AvgIpc) is 2.79. The van der Waals surface area contributed by atoms with Crippen LogP contribution in [0.15, 0.2) is 18.2 Å². The molecular formula is C16H26N2O2. The van der Waals surface area contributed by atoms with Crippen LogP contribution in [0.4, 0.5) is 0 Å². The molecule has 0 amide bonds. The van der Waals surface area contributed by atoms with Crippen molar-refractivity contribution >= 4 is 0 Å². The van der Waals surface area contributed by atoms with E-state index in [0.717, 1.165) is 30.2 Å². The van der Waals surface area contributed by atoms with Gasteiger partial charge >= 0.3 is 0 Å². The first-order valence-corrected chi connectivity index (χ1v) is 7.17. The molecule has 0 aromatic heterocycles. The molecule has 2 N–H and O–H groups in total. The molecule has 112 valence electrons. The van der Waals surface area contributed by atoms with Crippen molar-refractivity contribution in [2.24, 2.45) is 11.1 Å². The summed E-state index contributed by atoms with van der Waals surface area (Å²) in [5.41, 5.74) is 7.53. The first-order chi connectivity index (χ1) is 9.52. The molecule has 1 heterocycles. The summed E-state index contributed by atoms with van der Waals surface area (Å²) in [6.07, 6.45) is 1.20. The lowest BCUT2D eigenvalue weighted by Crippen LogP contribution is -2.33. The lowest BCUT2D eigenvalue weighted by molar-refractivity contribution is 0.217. The van der Waals surface area contributed by atoms with Crippen molar-refractivity contribution in [3.05, 3.63) is 23.8 Å². The number of hydrogen-bond acceptors (Lipinski definition) is 4. The molecule has 0 radical (unpaired) electrons. The third-order valence-corrected chi connectivity index (χ3v) is 4.16. The average molecular weight is 278 g/mol. The zero-order valence-corrected chi connectivity index (χ0v) is 13.0. The molecule has 1 saturated heterocycles. The Bertz CT molecular complexity index is 460. The van der Waals surface area contributed by atoms with Gasteiger partial charge in [0.15, 0.2) is 11.5 Å². The van der Waals surface area contributed by atoms with Crippen LogP contribution in [0.3, 0.4) is 0 Å². The summed E-state index contributed by atoms with van der Waals surface area (Å²) >= 11 is 0. The van der Waals surface area contributed by atoms with E-state index in [0.29, 0.717) is 12.0 Å². The van der Waals surface area contributed by atoms with Gasteiger partial charge in [-0.05, 0) is 24.4 Å². The Labute approximate surface area is 121 Å². The molecule has 1 aromatic carbocycles. The molecule has 4 heteroatoms. The minimum absolute atomic E-state index is 0.182. The van der Waals surface area contributed by atoms with E-state index in [4.69, 9.17) is 15.2 Å². The fourth-order valence-corrected chi connectivity index (χ4v) is 3.07. The second-order valence-corrected chi connectivity index (χ2v) is 6.22. The van der Waals surface area contributed by atoms with E-state index in [1.165, 1.54) is 6.42 Å². The Balaban J connectivity index is 2.33. The summed E-state index contributed by atoms with van der Waals surface area (Å²) in [6, 6.07) is 6.19. The molecule has 0 spiro atoms. The van der Waals surface area contributed by atoms with E-state index in [1.807, 2.05) is 12.1 Å². The Kier molecular flexibility index (Phi) is 4.55. The molecule has 1 atom stereocenters. The summed E-state index contributed by atoms with van der Waals surface area (Å²) in [5, 5.41) is 0. The summed E-state index contributed by atoms with van der Waals surface area (Å²) in [4.78, 5) is 2.46. The number of nitrogens with two attached hydrogens (primary N) is 1. The first-order valence-electron chi connectivity index (χ1n) is 7.17. The number of hydrogen-bond donors (Lipinski definition) is 1. The predicted octanol–water partition coefficient (Wildman–Crippen LogP) is 2.44. The van der Waals surface area contributed by atoms with Crippen molar-refractivity contribution in [3.8, 4) is 11.5 Å². The van der Waals surface area contributed by atoms with Crippen molar-refractivity contribution in [2.75, 3.05) is 33.9 Å². The Morgan fingerprint density at radius 2 is 2.05 bits per heavy atom. The van der Waals surface area contributed by atoms with Crippen LogP contribution in [-0.4, -0.2) is 38.8 Å². The number of rotatable bonds is 5. The third-order valence-electron chi connectivity index (χ3n) is 4.16. The molecular weight excluding hydrogens is 252 g/mol. The Morgan fingerprint density at radius 1 is 1.30 bits per heavy atom. The number of likely N-dealkylation sites (tertiary alicyclic amines) is 1. The molecule has 4 nitrogen and oxygen atoms in total. The monoisotopic (exact) mass is 278 g/mol. The quantitative estimate of drug-likeness (QED) is 0.898. The van der Waals surface area contributed by atoms with Gasteiger partial charge in [0.25, 0.3) is 0 Å².